The van der Waals surface area contributed by atoms with Gasteiger partial charge in [-0.3, -0.25) is 14.3 Å². The minimum Gasteiger partial charge on any atom is -0.394 e. The maximum absolute atomic E-state index is 11.9. The van der Waals surface area contributed by atoms with Crippen LogP contribution in [-0.2, 0) is 9.30 Å². The number of fused-ring (bicyclic) bond motifs is 1. The van der Waals surface area contributed by atoms with Crippen molar-refractivity contribution >= 4 is 24.7 Å². The fourth-order valence-electron chi connectivity index (χ4n) is 1.97. The molecular formula is C10H16N5O6P. The van der Waals surface area contributed by atoms with Crippen molar-refractivity contribution in [1.29, 1.82) is 0 Å². The van der Waals surface area contributed by atoms with Crippen LogP contribution in [0.1, 0.15) is 12.5 Å². The highest BCUT2D eigenvalue weighted by Gasteiger charge is 2.18. The second-order valence-electron chi connectivity index (χ2n) is 4.60. The summed E-state index contributed by atoms with van der Waals surface area (Å²) in [5.41, 5.74) is 5.24. The molecule has 0 aliphatic heterocycles. The van der Waals surface area contributed by atoms with Crippen molar-refractivity contribution in [1.82, 2.24) is 19.5 Å². The third-order valence-corrected chi connectivity index (χ3v) is 3.44. The molecule has 11 nitrogen and oxygen atoms in total. The molecule has 2 rings (SSSR count). The quantitative estimate of drug-likeness (QED) is 0.307. The lowest BCUT2D eigenvalue weighted by molar-refractivity contribution is 0.127. The van der Waals surface area contributed by atoms with Crippen molar-refractivity contribution in [3.8, 4) is 0 Å². The van der Waals surface area contributed by atoms with Crippen molar-refractivity contribution in [3.05, 3.63) is 16.7 Å². The van der Waals surface area contributed by atoms with Crippen LogP contribution in [0, 0.1) is 0 Å². The molecule has 0 amide bonds. The second-order valence-corrected chi connectivity index (χ2v) is 6.19. The Balaban J connectivity index is 2.15. The summed E-state index contributed by atoms with van der Waals surface area (Å²) in [4.78, 5) is 39.4. The number of nitrogens with one attached hydrogen (secondary N) is 1. The van der Waals surface area contributed by atoms with E-state index < -0.39 is 25.5 Å². The molecule has 0 saturated carbocycles. The van der Waals surface area contributed by atoms with E-state index in [0.717, 1.165) is 0 Å². The molecule has 1 atom stereocenters. The molecule has 0 spiro atoms. The number of ether oxygens (including phenoxy) is 1. The SMILES string of the molecule is Nc1nc2ncn(C(CO)CCOCP(=O)(O)O)c2c(=O)[nH]1. The summed E-state index contributed by atoms with van der Waals surface area (Å²) in [5, 5.41) is 9.45. The first-order valence-electron chi connectivity index (χ1n) is 6.27. The molecule has 122 valence electrons. The maximum Gasteiger partial charge on any atom is 0.350 e. The van der Waals surface area contributed by atoms with Gasteiger partial charge in [0, 0.05) is 6.61 Å². The van der Waals surface area contributed by atoms with Crippen LogP contribution >= 0.6 is 7.60 Å². The number of imidazole rings is 1. The third-order valence-electron chi connectivity index (χ3n) is 2.92. The summed E-state index contributed by atoms with van der Waals surface area (Å²) in [7, 11) is -4.23. The molecule has 12 heteroatoms. The van der Waals surface area contributed by atoms with Crippen LogP contribution in [0.2, 0.25) is 0 Å². The minimum atomic E-state index is -4.23. The molecule has 0 aromatic carbocycles. The third kappa shape index (κ3) is 3.90. The van der Waals surface area contributed by atoms with Gasteiger partial charge in [-0.1, -0.05) is 0 Å². The molecule has 22 heavy (non-hydrogen) atoms. The molecule has 0 radical (unpaired) electrons. The fraction of sp³-hybridized carbons (Fsp3) is 0.500. The molecule has 1 unspecified atom stereocenters. The average molecular weight is 333 g/mol. The van der Waals surface area contributed by atoms with E-state index in [0.29, 0.717) is 0 Å². The lowest BCUT2D eigenvalue weighted by atomic mass is 10.2. The Morgan fingerprint density at radius 3 is 2.86 bits per heavy atom. The maximum atomic E-state index is 11.9. The van der Waals surface area contributed by atoms with Gasteiger partial charge in [-0.05, 0) is 6.42 Å². The van der Waals surface area contributed by atoms with Gasteiger partial charge in [0.1, 0.15) is 6.35 Å². The molecule has 0 fully saturated rings. The number of aromatic nitrogens is 4. The van der Waals surface area contributed by atoms with Crippen LogP contribution < -0.4 is 11.3 Å². The summed E-state index contributed by atoms with van der Waals surface area (Å²) in [6, 6.07) is -0.548. The topological polar surface area (TPSA) is 177 Å². The van der Waals surface area contributed by atoms with Gasteiger partial charge in [0.05, 0.1) is 19.0 Å². The van der Waals surface area contributed by atoms with Crippen molar-refractivity contribution in [3.63, 3.8) is 0 Å². The van der Waals surface area contributed by atoms with Crippen LogP contribution in [0.4, 0.5) is 5.95 Å². The molecule has 0 aliphatic rings. The van der Waals surface area contributed by atoms with E-state index in [-0.39, 0.29) is 36.7 Å². The van der Waals surface area contributed by atoms with Gasteiger partial charge in [0.15, 0.2) is 11.2 Å². The van der Waals surface area contributed by atoms with E-state index in [1.807, 2.05) is 0 Å². The molecule has 2 heterocycles. The predicted octanol–water partition coefficient (Wildman–Crippen LogP) is -1.22. The van der Waals surface area contributed by atoms with Crippen LogP contribution in [0.3, 0.4) is 0 Å². The smallest absolute Gasteiger partial charge is 0.350 e. The first-order valence-corrected chi connectivity index (χ1v) is 8.07. The lowest BCUT2D eigenvalue weighted by Crippen LogP contribution is -2.20. The highest BCUT2D eigenvalue weighted by molar-refractivity contribution is 7.51. The van der Waals surface area contributed by atoms with E-state index in [9.17, 15) is 14.5 Å². The molecule has 0 aliphatic carbocycles. The molecule has 0 saturated heterocycles. The summed E-state index contributed by atoms with van der Waals surface area (Å²) < 4.78 is 17.0. The van der Waals surface area contributed by atoms with Gasteiger partial charge in [-0.15, -0.1) is 0 Å². The zero-order chi connectivity index (χ0) is 16.3. The van der Waals surface area contributed by atoms with Crippen molar-refractivity contribution < 1.29 is 24.2 Å². The number of hydrogen-bond donors (Lipinski definition) is 5. The van der Waals surface area contributed by atoms with Crippen LogP contribution in [0.25, 0.3) is 11.2 Å². The standard InChI is InChI=1S/C10H16N5O6P/c11-10-13-8-7(9(17)14-10)15(4-12-8)6(3-16)1-2-21-5-22(18,19)20/h4,6,16H,1-3,5H2,(H2,18,19,20)(H3,11,13,14,17). The Kier molecular flexibility index (Phi) is 4.94. The Labute approximate surface area is 123 Å². The van der Waals surface area contributed by atoms with Crippen molar-refractivity contribution in [2.24, 2.45) is 0 Å². The minimum absolute atomic E-state index is 0.00365. The number of nitrogens with two attached hydrogens (primary N) is 1. The highest BCUT2D eigenvalue weighted by atomic mass is 31.2. The molecule has 6 N–H and O–H groups in total. The Morgan fingerprint density at radius 1 is 1.50 bits per heavy atom. The number of hydrogen-bond acceptors (Lipinski definition) is 7. The summed E-state index contributed by atoms with van der Waals surface area (Å²) in [5.74, 6) is -0.0618. The summed E-state index contributed by atoms with van der Waals surface area (Å²) in [6.07, 6.45) is 0.872. The fourth-order valence-corrected chi connectivity index (χ4v) is 2.33. The number of aliphatic hydroxyl groups is 1. The van der Waals surface area contributed by atoms with Gasteiger partial charge >= 0.3 is 7.60 Å². The van der Waals surface area contributed by atoms with Gasteiger partial charge in [-0.2, -0.15) is 4.98 Å². The number of H-pyrrole nitrogens is 1. The Morgan fingerprint density at radius 2 is 2.23 bits per heavy atom. The van der Waals surface area contributed by atoms with E-state index in [4.69, 9.17) is 20.3 Å². The highest BCUT2D eigenvalue weighted by Crippen LogP contribution is 2.34. The normalized spacial score (nSPS) is 13.6. The van der Waals surface area contributed by atoms with Crippen LogP contribution in [0.15, 0.2) is 11.1 Å². The number of nitrogen functional groups attached to an aromatic ring is 1. The first kappa shape index (κ1) is 16.6. The summed E-state index contributed by atoms with van der Waals surface area (Å²) >= 11 is 0. The van der Waals surface area contributed by atoms with Gasteiger partial charge in [-0.25, -0.2) is 4.98 Å². The van der Waals surface area contributed by atoms with E-state index in [1.54, 1.807) is 0 Å². The zero-order valence-electron chi connectivity index (χ0n) is 11.4. The largest absolute Gasteiger partial charge is 0.394 e. The number of aliphatic hydroxyl groups excluding tert-OH is 1. The number of anilines is 1. The van der Waals surface area contributed by atoms with Crippen LogP contribution in [-0.4, -0.2) is 54.0 Å². The van der Waals surface area contributed by atoms with Crippen LogP contribution in [0.5, 0.6) is 0 Å². The predicted molar refractivity (Wildman–Crippen MR) is 76.2 cm³/mol. The zero-order valence-corrected chi connectivity index (χ0v) is 12.3. The van der Waals surface area contributed by atoms with Crippen molar-refractivity contribution in [2.45, 2.75) is 12.5 Å². The number of nitrogens with zero attached hydrogens (tertiary/aromatic N) is 3. The Bertz CT molecular complexity index is 752. The molecule has 2 aromatic heterocycles. The molecule has 0 bridgehead atoms. The van der Waals surface area contributed by atoms with E-state index >= 15 is 0 Å². The van der Waals surface area contributed by atoms with Gasteiger partial charge in [0.2, 0.25) is 5.95 Å². The second kappa shape index (κ2) is 6.55. The van der Waals surface area contributed by atoms with Crippen molar-refractivity contribution in [2.75, 3.05) is 25.3 Å². The monoisotopic (exact) mass is 333 g/mol. The first-order chi connectivity index (χ1) is 10.3. The summed E-state index contributed by atoms with van der Waals surface area (Å²) in [6.45, 7) is -0.315. The van der Waals surface area contributed by atoms with E-state index in [1.165, 1.54) is 10.9 Å². The van der Waals surface area contributed by atoms with Gasteiger partial charge in [0.25, 0.3) is 5.56 Å². The molecule has 2 aromatic rings. The lowest BCUT2D eigenvalue weighted by Gasteiger charge is -2.16. The average Bonchev–Trinajstić information content (AvgIpc) is 2.81. The van der Waals surface area contributed by atoms with E-state index in [2.05, 4.69) is 15.0 Å². The molecular weight excluding hydrogens is 317 g/mol. The number of aromatic amines is 1. The number of rotatable bonds is 7. The Hall–Kier alpha value is -1.78. The van der Waals surface area contributed by atoms with Gasteiger partial charge < -0.3 is 29.9 Å².